The van der Waals surface area contributed by atoms with Gasteiger partial charge in [-0.2, -0.15) is 0 Å². The normalized spacial score (nSPS) is 20.5. The Hall–Kier alpha value is -2.03. The molecule has 1 atom stereocenters. The molecule has 2 amide bonds. The average molecular weight is 302 g/mol. The molecule has 0 aromatic carbocycles. The Morgan fingerprint density at radius 1 is 1.40 bits per heavy atom. The van der Waals surface area contributed by atoms with E-state index in [2.05, 4.69) is 10.6 Å². The van der Waals surface area contributed by atoms with Crippen LogP contribution in [0.15, 0.2) is 16.5 Å². The first-order valence-corrected chi connectivity index (χ1v) is 7.75. The van der Waals surface area contributed by atoms with Crippen molar-refractivity contribution in [2.75, 3.05) is 11.5 Å². The van der Waals surface area contributed by atoms with Gasteiger partial charge in [-0.05, 0) is 18.6 Å². The van der Waals surface area contributed by atoms with Crippen molar-refractivity contribution in [1.82, 2.24) is 10.6 Å². The smallest absolute Gasteiger partial charge is 0.371 e. The first-order valence-electron chi connectivity index (χ1n) is 5.92. The maximum atomic E-state index is 11.5. The van der Waals surface area contributed by atoms with Gasteiger partial charge in [0.05, 0.1) is 18.1 Å². The Morgan fingerprint density at radius 3 is 2.70 bits per heavy atom. The van der Waals surface area contributed by atoms with Gasteiger partial charge < -0.3 is 20.2 Å². The number of sulfone groups is 1. The van der Waals surface area contributed by atoms with Gasteiger partial charge in [0.2, 0.25) is 5.76 Å². The summed E-state index contributed by atoms with van der Waals surface area (Å²) in [5.74, 6) is -1.06. The van der Waals surface area contributed by atoms with Crippen molar-refractivity contribution < 1.29 is 27.5 Å². The number of carbonyl (C=O) groups is 2. The van der Waals surface area contributed by atoms with Crippen LogP contribution < -0.4 is 10.6 Å². The maximum absolute atomic E-state index is 11.5. The molecule has 110 valence electrons. The second-order valence-electron chi connectivity index (χ2n) is 4.50. The van der Waals surface area contributed by atoms with E-state index in [0.717, 1.165) is 0 Å². The van der Waals surface area contributed by atoms with Crippen LogP contribution in [0.2, 0.25) is 0 Å². The Labute approximate surface area is 115 Å². The van der Waals surface area contributed by atoms with Gasteiger partial charge in [-0.25, -0.2) is 18.0 Å². The Kier molecular flexibility index (Phi) is 3.98. The fourth-order valence-corrected chi connectivity index (χ4v) is 3.57. The van der Waals surface area contributed by atoms with E-state index in [9.17, 15) is 18.0 Å². The van der Waals surface area contributed by atoms with Gasteiger partial charge in [0, 0.05) is 6.04 Å². The lowest BCUT2D eigenvalue weighted by Gasteiger charge is -2.11. The lowest BCUT2D eigenvalue weighted by Crippen LogP contribution is -2.42. The van der Waals surface area contributed by atoms with Gasteiger partial charge in [0.25, 0.3) is 0 Å². The van der Waals surface area contributed by atoms with E-state index in [4.69, 9.17) is 9.52 Å². The van der Waals surface area contributed by atoms with E-state index < -0.39 is 21.8 Å². The lowest BCUT2D eigenvalue weighted by molar-refractivity contribution is 0.0660. The average Bonchev–Trinajstić information content (AvgIpc) is 2.93. The molecule has 1 aliphatic rings. The number of carboxylic acids is 1. The minimum absolute atomic E-state index is 0.0264. The molecule has 0 spiro atoms. The summed E-state index contributed by atoms with van der Waals surface area (Å²) in [7, 11) is -3.04. The van der Waals surface area contributed by atoms with Crippen molar-refractivity contribution in [1.29, 1.82) is 0 Å². The van der Waals surface area contributed by atoms with Crippen LogP contribution in [-0.2, 0) is 16.4 Å². The topological polar surface area (TPSA) is 126 Å². The van der Waals surface area contributed by atoms with Crippen LogP contribution in [0.3, 0.4) is 0 Å². The predicted molar refractivity (Wildman–Crippen MR) is 68.1 cm³/mol. The summed E-state index contributed by atoms with van der Waals surface area (Å²) in [5.41, 5.74) is 0. The zero-order valence-corrected chi connectivity index (χ0v) is 11.3. The Bertz CT molecular complexity index is 621. The molecule has 0 bridgehead atoms. The Morgan fingerprint density at radius 2 is 2.15 bits per heavy atom. The lowest BCUT2D eigenvalue weighted by atomic mass is 10.3. The number of carboxylic acid groups (broad SMARTS) is 1. The summed E-state index contributed by atoms with van der Waals surface area (Å²) >= 11 is 0. The number of nitrogens with one attached hydrogen (secondary N) is 2. The molecule has 2 rings (SSSR count). The van der Waals surface area contributed by atoms with Gasteiger partial charge in [-0.3, -0.25) is 0 Å². The molecule has 1 fully saturated rings. The number of carbonyl (C=O) groups excluding carboxylic acids is 1. The highest BCUT2D eigenvalue weighted by Gasteiger charge is 2.28. The molecule has 1 aromatic heterocycles. The molecular formula is C11H14N2O6S. The number of furan rings is 1. The van der Waals surface area contributed by atoms with Gasteiger partial charge in [0.15, 0.2) is 9.84 Å². The van der Waals surface area contributed by atoms with E-state index in [1.165, 1.54) is 12.1 Å². The molecule has 3 N–H and O–H groups in total. The van der Waals surface area contributed by atoms with Crippen molar-refractivity contribution >= 4 is 21.8 Å². The summed E-state index contributed by atoms with van der Waals surface area (Å²) in [6, 6.07) is 1.84. The standard InChI is InChI=1S/C11H14N2O6S/c14-10(15)9-2-1-8(19-9)5-12-11(16)13-7-3-4-20(17,18)6-7/h1-2,7H,3-6H2,(H,14,15)(H2,12,13,16). The summed E-state index contributed by atoms with van der Waals surface area (Å²) in [6.45, 7) is 0.0264. The molecule has 9 heteroatoms. The van der Waals surface area contributed by atoms with E-state index in [1.807, 2.05) is 0 Å². The first-order chi connectivity index (χ1) is 9.35. The van der Waals surface area contributed by atoms with E-state index in [-0.39, 0.29) is 29.9 Å². The van der Waals surface area contributed by atoms with Crippen molar-refractivity contribution in [3.05, 3.63) is 23.7 Å². The van der Waals surface area contributed by atoms with Crippen LogP contribution in [0, 0.1) is 0 Å². The molecule has 1 aliphatic heterocycles. The van der Waals surface area contributed by atoms with Crippen LogP contribution in [0.4, 0.5) is 4.79 Å². The zero-order chi connectivity index (χ0) is 14.8. The molecule has 0 aliphatic carbocycles. The third kappa shape index (κ3) is 3.73. The fraction of sp³-hybridized carbons (Fsp3) is 0.455. The van der Waals surface area contributed by atoms with Crippen LogP contribution in [0.5, 0.6) is 0 Å². The molecule has 8 nitrogen and oxygen atoms in total. The number of rotatable bonds is 4. The largest absolute Gasteiger partial charge is 0.475 e. The second-order valence-corrected chi connectivity index (χ2v) is 6.73. The monoisotopic (exact) mass is 302 g/mol. The molecule has 2 heterocycles. The molecular weight excluding hydrogens is 288 g/mol. The molecule has 20 heavy (non-hydrogen) atoms. The van der Waals surface area contributed by atoms with Crippen molar-refractivity contribution in [3.63, 3.8) is 0 Å². The maximum Gasteiger partial charge on any atom is 0.371 e. The van der Waals surface area contributed by atoms with Crippen molar-refractivity contribution in [2.24, 2.45) is 0 Å². The summed E-state index contributed by atoms with van der Waals surface area (Å²) in [4.78, 5) is 22.1. The predicted octanol–water partition coefficient (Wildman–Crippen LogP) is -0.0359. The van der Waals surface area contributed by atoms with Gasteiger partial charge in [-0.15, -0.1) is 0 Å². The zero-order valence-electron chi connectivity index (χ0n) is 10.5. The van der Waals surface area contributed by atoms with Gasteiger partial charge in [-0.1, -0.05) is 0 Å². The summed E-state index contributed by atoms with van der Waals surface area (Å²) < 4.78 is 27.4. The fourth-order valence-electron chi connectivity index (χ4n) is 1.90. The van der Waals surface area contributed by atoms with Crippen molar-refractivity contribution in [2.45, 2.75) is 19.0 Å². The van der Waals surface area contributed by atoms with Crippen molar-refractivity contribution in [3.8, 4) is 0 Å². The van der Waals surface area contributed by atoms with E-state index in [1.54, 1.807) is 0 Å². The molecule has 1 aromatic rings. The van der Waals surface area contributed by atoms with Gasteiger partial charge in [0.1, 0.15) is 5.76 Å². The molecule has 1 saturated heterocycles. The number of hydrogen-bond donors (Lipinski definition) is 3. The van der Waals surface area contributed by atoms with Gasteiger partial charge >= 0.3 is 12.0 Å². The van der Waals surface area contributed by atoms with E-state index >= 15 is 0 Å². The molecule has 1 unspecified atom stereocenters. The number of hydrogen-bond acceptors (Lipinski definition) is 5. The third-order valence-corrected chi connectivity index (χ3v) is 4.63. The SMILES string of the molecule is O=C(NCc1ccc(C(=O)O)o1)NC1CCS(=O)(=O)C1. The highest BCUT2D eigenvalue weighted by Crippen LogP contribution is 2.11. The Balaban J connectivity index is 1.79. The highest BCUT2D eigenvalue weighted by molar-refractivity contribution is 7.91. The second kappa shape index (κ2) is 5.53. The highest BCUT2D eigenvalue weighted by atomic mass is 32.2. The van der Waals surface area contributed by atoms with E-state index in [0.29, 0.717) is 12.2 Å². The molecule has 0 saturated carbocycles. The molecule has 0 radical (unpaired) electrons. The summed E-state index contributed by atoms with van der Waals surface area (Å²) in [5, 5.41) is 13.7. The number of urea groups is 1. The third-order valence-electron chi connectivity index (χ3n) is 2.86. The minimum atomic E-state index is -3.04. The van der Waals surface area contributed by atoms with Crippen LogP contribution in [-0.4, -0.2) is 43.1 Å². The van der Waals surface area contributed by atoms with Crippen LogP contribution >= 0.6 is 0 Å². The summed E-state index contributed by atoms with van der Waals surface area (Å²) in [6.07, 6.45) is 0.402. The van der Waals surface area contributed by atoms with Crippen LogP contribution in [0.1, 0.15) is 22.7 Å². The number of aromatic carboxylic acids is 1. The first kappa shape index (κ1) is 14.4. The van der Waals surface area contributed by atoms with Crippen LogP contribution in [0.25, 0.3) is 0 Å². The minimum Gasteiger partial charge on any atom is -0.475 e. The number of amides is 2. The quantitative estimate of drug-likeness (QED) is 0.716.